The topological polar surface area (TPSA) is 101 Å². The number of rotatable bonds is 2. The first kappa shape index (κ1) is 12.9. The van der Waals surface area contributed by atoms with Crippen molar-refractivity contribution in [1.29, 1.82) is 0 Å². The number of carbonyl (C=O) groups is 2. The van der Waals surface area contributed by atoms with Crippen LogP contribution < -0.4 is 5.73 Å². The van der Waals surface area contributed by atoms with Crippen molar-refractivity contribution in [1.82, 2.24) is 0 Å². The molecule has 3 aromatic rings. The summed E-state index contributed by atoms with van der Waals surface area (Å²) in [5.74, 6) is -2.37. The second-order valence-electron chi connectivity index (χ2n) is 4.75. The Morgan fingerprint density at radius 3 is 2.14 bits per heavy atom. The van der Waals surface area contributed by atoms with Crippen molar-refractivity contribution in [3.8, 4) is 0 Å². The molecule has 5 heteroatoms. The summed E-state index contributed by atoms with van der Waals surface area (Å²) in [6, 6.07) is 11.6. The minimum absolute atomic E-state index is 0.0406. The van der Waals surface area contributed by atoms with E-state index in [0.29, 0.717) is 5.39 Å². The highest BCUT2D eigenvalue weighted by Crippen LogP contribution is 2.33. The molecule has 21 heavy (non-hydrogen) atoms. The number of hydrogen-bond donors (Lipinski definition) is 3. The van der Waals surface area contributed by atoms with Gasteiger partial charge in [0, 0.05) is 11.1 Å². The van der Waals surface area contributed by atoms with Crippen LogP contribution >= 0.6 is 0 Å². The Bertz CT molecular complexity index is 915. The fourth-order valence-electron chi connectivity index (χ4n) is 2.60. The number of anilines is 1. The van der Waals surface area contributed by atoms with E-state index in [9.17, 15) is 19.8 Å². The fraction of sp³-hybridized carbons (Fsp3) is 0. The predicted octanol–water partition coefficient (Wildman–Crippen LogP) is 2.97. The van der Waals surface area contributed by atoms with Crippen LogP contribution in [0.15, 0.2) is 42.5 Å². The molecule has 0 unspecified atom stereocenters. The van der Waals surface area contributed by atoms with E-state index in [1.54, 1.807) is 18.2 Å². The molecule has 104 valence electrons. The van der Waals surface area contributed by atoms with Gasteiger partial charge in [0.05, 0.1) is 11.1 Å². The van der Waals surface area contributed by atoms with Gasteiger partial charge in [-0.05, 0) is 34.4 Å². The van der Waals surface area contributed by atoms with E-state index in [-0.39, 0.29) is 22.2 Å². The summed E-state index contributed by atoms with van der Waals surface area (Å²) in [4.78, 5) is 22.9. The zero-order chi connectivity index (χ0) is 15.1. The Kier molecular flexibility index (Phi) is 2.76. The van der Waals surface area contributed by atoms with Crippen LogP contribution in [-0.4, -0.2) is 22.2 Å². The van der Waals surface area contributed by atoms with Gasteiger partial charge in [0.2, 0.25) is 0 Å². The normalized spacial score (nSPS) is 10.9. The highest BCUT2D eigenvalue weighted by atomic mass is 16.4. The summed E-state index contributed by atoms with van der Waals surface area (Å²) >= 11 is 0. The number of aromatic carboxylic acids is 2. The number of carboxylic acids is 2. The van der Waals surface area contributed by atoms with E-state index < -0.39 is 11.9 Å². The van der Waals surface area contributed by atoms with Crippen molar-refractivity contribution >= 4 is 39.2 Å². The first-order valence-electron chi connectivity index (χ1n) is 6.20. The molecular weight excluding hydrogens is 270 g/mol. The minimum Gasteiger partial charge on any atom is -0.478 e. The first-order chi connectivity index (χ1) is 9.99. The van der Waals surface area contributed by atoms with Crippen molar-refractivity contribution < 1.29 is 19.8 Å². The van der Waals surface area contributed by atoms with Crippen molar-refractivity contribution in [3.05, 3.63) is 53.6 Å². The van der Waals surface area contributed by atoms with E-state index in [1.165, 1.54) is 12.1 Å². The van der Waals surface area contributed by atoms with Gasteiger partial charge >= 0.3 is 11.9 Å². The average molecular weight is 281 g/mol. The lowest BCUT2D eigenvalue weighted by atomic mass is 9.93. The van der Waals surface area contributed by atoms with Crippen molar-refractivity contribution in [2.24, 2.45) is 0 Å². The van der Waals surface area contributed by atoms with Crippen LogP contribution in [0.25, 0.3) is 21.5 Å². The van der Waals surface area contributed by atoms with Gasteiger partial charge in [-0.25, -0.2) is 9.59 Å². The Hall–Kier alpha value is -3.08. The lowest BCUT2D eigenvalue weighted by molar-refractivity contribution is 0.0695. The molecule has 0 saturated heterocycles. The maximum absolute atomic E-state index is 11.5. The Balaban J connectivity index is 2.65. The molecule has 0 saturated carbocycles. The molecule has 4 N–H and O–H groups in total. The van der Waals surface area contributed by atoms with Gasteiger partial charge in [-0.2, -0.15) is 0 Å². The maximum atomic E-state index is 11.5. The van der Waals surface area contributed by atoms with Gasteiger partial charge in [0.15, 0.2) is 0 Å². The predicted molar refractivity (Wildman–Crippen MR) is 79.8 cm³/mol. The molecule has 0 aromatic heterocycles. The molecule has 0 fully saturated rings. The number of benzene rings is 3. The van der Waals surface area contributed by atoms with E-state index in [0.717, 1.165) is 10.8 Å². The summed E-state index contributed by atoms with van der Waals surface area (Å²) in [5, 5.41) is 21.0. The summed E-state index contributed by atoms with van der Waals surface area (Å²) < 4.78 is 0. The summed E-state index contributed by atoms with van der Waals surface area (Å²) in [6.45, 7) is 0. The quantitative estimate of drug-likeness (QED) is 0.495. The van der Waals surface area contributed by atoms with Gasteiger partial charge < -0.3 is 15.9 Å². The number of carboxylic acid groups (broad SMARTS) is 2. The van der Waals surface area contributed by atoms with Crippen LogP contribution in [0.5, 0.6) is 0 Å². The molecule has 0 spiro atoms. The van der Waals surface area contributed by atoms with Crippen molar-refractivity contribution in [2.75, 3.05) is 5.73 Å². The molecule has 5 nitrogen and oxygen atoms in total. The van der Waals surface area contributed by atoms with E-state index in [4.69, 9.17) is 5.73 Å². The van der Waals surface area contributed by atoms with Gasteiger partial charge in [0.1, 0.15) is 0 Å². The number of nitrogens with two attached hydrogens (primary N) is 1. The Morgan fingerprint density at radius 2 is 1.48 bits per heavy atom. The van der Waals surface area contributed by atoms with E-state index in [2.05, 4.69) is 0 Å². The molecule has 3 rings (SSSR count). The lowest BCUT2D eigenvalue weighted by Crippen LogP contribution is -2.05. The standard InChI is InChI=1S/C16H11NO4/c17-9-6-11-10-4-2-1-3-8(10)5-12(15(18)19)14(11)13(7-9)16(20)21/h1-7H,17H2,(H,18,19)(H,20,21). The zero-order valence-electron chi connectivity index (χ0n) is 10.8. The molecule has 0 aliphatic heterocycles. The molecule has 0 amide bonds. The van der Waals surface area contributed by atoms with Crippen LogP contribution in [0, 0.1) is 0 Å². The third-order valence-corrected chi connectivity index (χ3v) is 3.44. The van der Waals surface area contributed by atoms with Crippen molar-refractivity contribution in [3.63, 3.8) is 0 Å². The highest BCUT2D eigenvalue weighted by Gasteiger charge is 2.19. The van der Waals surface area contributed by atoms with Gasteiger partial charge in [0.25, 0.3) is 0 Å². The van der Waals surface area contributed by atoms with Crippen LogP contribution in [-0.2, 0) is 0 Å². The largest absolute Gasteiger partial charge is 0.478 e. The van der Waals surface area contributed by atoms with Gasteiger partial charge in [-0.15, -0.1) is 0 Å². The highest BCUT2D eigenvalue weighted by molar-refractivity contribution is 6.21. The molecule has 0 heterocycles. The third-order valence-electron chi connectivity index (χ3n) is 3.44. The third kappa shape index (κ3) is 1.95. The molecule has 0 aliphatic rings. The molecule has 3 aromatic carbocycles. The Labute approximate surface area is 119 Å². The molecule has 0 aliphatic carbocycles. The molecule has 0 bridgehead atoms. The van der Waals surface area contributed by atoms with E-state index >= 15 is 0 Å². The number of nitrogen functional groups attached to an aromatic ring is 1. The first-order valence-corrected chi connectivity index (χ1v) is 6.20. The van der Waals surface area contributed by atoms with Gasteiger partial charge in [-0.1, -0.05) is 24.3 Å². The van der Waals surface area contributed by atoms with E-state index in [1.807, 2.05) is 12.1 Å². The summed E-state index contributed by atoms with van der Waals surface area (Å²) in [6.07, 6.45) is 0. The van der Waals surface area contributed by atoms with Crippen LogP contribution in [0.1, 0.15) is 20.7 Å². The zero-order valence-corrected chi connectivity index (χ0v) is 10.8. The smallest absolute Gasteiger partial charge is 0.336 e. The number of fused-ring (bicyclic) bond motifs is 3. The maximum Gasteiger partial charge on any atom is 0.336 e. The van der Waals surface area contributed by atoms with Crippen LogP contribution in [0.3, 0.4) is 0 Å². The summed E-state index contributed by atoms with van der Waals surface area (Å²) in [5.41, 5.74) is 5.91. The SMILES string of the molecule is Nc1cc(C(=O)O)c2c(C(=O)O)cc3ccccc3c2c1. The molecule has 0 atom stereocenters. The lowest BCUT2D eigenvalue weighted by Gasteiger charge is -2.11. The molecular formula is C16H11NO4. The molecule has 0 radical (unpaired) electrons. The second kappa shape index (κ2) is 4.49. The monoisotopic (exact) mass is 281 g/mol. The van der Waals surface area contributed by atoms with Crippen molar-refractivity contribution in [2.45, 2.75) is 0 Å². The van der Waals surface area contributed by atoms with Gasteiger partial charge in [-0.3, -0.25) is 0 Å². The fourth-order valence-corrected chi connectivity index (χ4v) is 2.60. The second-order valence-corrected chi connectivity index (χ2v) is 4.75. The Morgan fingerprint density at radius 1 is 0.857 bits per heavy atom. The minimum atomic E-state index is -1.20. The average Bonchev–Trinajstić information content (AvgIpc) is 2.45. The number of hydrogen-bond acceptors (Lipinski definition) is 3. The van der Waals surface area contributed by atoms with Crippen LogP contribution in [0.2, 0.25) is 0 Å². The summed E-state index contributed by atoms with van der Waals surface area (Å²) in [7, 11) is 0. The van der Waals surface area contributed by atoms with Crippen LogP contribution in [0.4, 0.5) is 5.69 Å².